The van der Waals surface area contributed by atoms with Crippen molar-refractivity contribution in [3.8, 4) is 11.3 Å². The molecule has 262 valence electrons. The number of oxazole rings is 1. The lowest BCUT2D eigenvalue weighted by Crippen LogP contribution is -2.50. The summed E-state index contributed by atoms with van der Waals surface area (Å²) in [6.07, 6.45) is 2.78. The molecule has 0 saturated heterocycles. The molecule has 6 aromatic rings. The molecule has 5 N–H and O–H groups in total. The van der Waals surface area contributed by atoms with Crippen LogP contribution in [0.4, 0.5) is 5.95 Å². The van der Waals surface area contributed by atoms with Crippen LogP contribution in [-0.2, 0) is 19.5 Å². The molecule has 1 saturated carbocycles. The van der Waals surface area contributed by atoms with Crippen molar-refractivity contribution in [3.63, 3.8) is 0 Å². The molecule has 52 heavy (non-hydrogen) atoms. The average molecular weight is 828 g/mol. The highest BCUT2D eigenvalue weighted by molar-refractivity contribution is 9.12. The third kappa shape index (κ3) is 5.59. The quantitative estimate of drug-likeness (QED) is 0.188. The maximum Gasteiger partial charge on any atom is 0.353 e. The average Bonchev–Trinajstić information content (AvgIpc) is 3.40. The van der Waals surface area contributed by atoms with Gasteiger partial charge in [-0.2, -0.15) is 5.10 Å². The van der Waals surface area contributed by atoms with Crippen molar-refractivity contribution in [1.29, 1.82) is 0 Å². The van der Waals surface area contributed by atoms with Crippen molar-refractivity contribution in [3.05, 3.63) is 121 Å². The minimum atomic E-state index is -1.18. The number of nitrogens with two attached hydrogens (primary N) is 2. The Balaban J connectivity index is 0.905. The van der Waals surface area contributed by atoms with E-state index in [0.29, 0.717) is 61.3 Å². The van der Waals surface area contributed by atoms with Gasteiger partial charge < -0.3 is 25.5 Å². The summed E-state index contributed by atoms with van der Waals surface area (Å²) in [5.41, 5.74) is 17.5. The highest BCUT2D eigenvalue weighted by Gasteiger charge is 2.40. The number of aliphatic hydroxyl groups excluding tert-OH is 1. The van der Waals surface area contributed by atoms with E-state index in [1.807, 2.05) is 60.7 Å². The highest BCUT2D eigenvalue weighted by atomic mass is 79.9. The van der Waals surface area contributed by atoms with Gasteiger partial charge in [0.15, 0.2) is 17.9 Å². The molecule has 0 radical (unpaired) electrons. The maximum absolute atomic E-state index is 13.3. The summed E-state index contributed by atoms with van der Waals surface area (Å²) in [4.78, 5) is 28.1. The molecule has 0 spiro atoms. The van der Waals surface area contributed by atoms with Gasteiger partial charge in [0.25, 0.3) is 0 Å². The van der Waals surface area contributed by atoms with E-state index in [0.717, 1.165) is 35.3 Å². The number of fused-ring (bicyclic) bond motifs is 2. The van der Waals surface area contributed by atoms with Crippen LogP contribution in [0.1, 0.15) is 52.8 Å². The Morgan fingerprint density at radius 3 is 2.56 bits per heavy atom. The van der Waals surface area contributed by atoms with Crippen molar-refractivity contribution >= 4 is 60.9 Å². The summed E-state index contributed by atoms with van der Waals surface area (Å²) in [5.74, 6) is 2.36. The second-order valence-electron chi connectivity index (χ2n) is 12.6. The lowest BCUT2D eigenvalue weighted by atomic mass is 10.1. The Bertz CT molecular complexity index is 2510. The number of rotatable bonds is 9. The van der Waals surface area contributed by atoms with Gasteiger partial charge >= 0.3 is 5.69 Å². The van der Waals surface area contributed by atoms with Crippen molar-refractivity contribution in [2.24, 2.45) is 15.8 Å². The summed E-state index contributed by atoms with van der Waals surface area (Å²) in [6, 6.07) is 19.1. The number of halogens is 2. The van der Waals surface area contributed by atoms with Crippen LogP contribution in [0.25, 0.3) is 22.6 Å². The van der Waals surface area contributed by atoms with Crippen molar-refractivity contribution in [2.45, 2.75) is 44.6 Å². The molecular weight excluding hydrogens is 800 g/mol. The Morgan fingerprint density at radius 1 is 1.00 bits per heavy atom. The normalized spacial score (nSPS) is 17.2. The number of nitrogens with zero attached hydrogens (tertiary/aromatic N) is 10. The van der Waals surface area contributed by atoms with E-state index in [2.05, 4.69) is 62.2 Å². The van der Waals surface area contributed by atoms with E-state index in [1.165, 1.54) is 25.4 Å². The second-order valence-corrected chi connectivity index (χ2v) is 14.1. The Hall–Kier alpha value is -5.59. The summed E-state index contributed by atoms with van der Waals surface area (Å²) >= 11 is 7.22. The van der Waals surface area contributed by atoms with E-state index in [1.54, 1.807) is 0 Å². The van der Waals surface area contributed by atoms with Crippen molar-refractivity contribution in [1.82, 2.24) is 39.2 Å². The van der Waals surface area contributed by atoms with Gasteiger partial charge in [0.1, 0.15) is 22.9 Å². The lowest BCUT2D eigenvalue weighted by Gasteiger charge is -2.28. The molecule has 6 heterocycles. The summed E-state index contributed by atoms with van der Waals surface area (Å²) in [6.45, 7) is 0.335. The van der Waals surface area contributed by atoms with Gasteiger partial charge in [-0.3, -0.25) is 0 Å². The van der Waals surface area contributed by atoms with E-state index in [4.69, 9.17) is 20.4 Å². The minimum Gasteiger partial charge on any atom is -0.448 e. The molecule has 1 aliphatic carbocycles. The number of aromatic nitrogens is 6. The van der Waals surface area contributed by atoms with Gasteiger partial charge in [-0.25, -0.2) is 38.7 Å². The van der Waals surface area contributed by atoms with Gasteiger partial charge in [0.05, 0.1) is 33.4 Å². The Morgan fingerprint density at radius 2 is 1.79 bits per heavy atom. The second kappa shape index (κ2) is 12.6. The molecule has 1 atom stereocenters. The van der Waals surface area contributed by atoms with Crippen LogP contribution >= 0.6 is 31.9 Å². The van der Waals surface area contributed by atoms with Crippen LogP contribution in [0.5, 0.6) is 0 Å². The van der Waals surface area contributed by atoms with E-state index in [9.17, 15) is 9.90 Å². The van der Waals surface area contributed by atoms with Crippen LogP contribution in [0, 0.1) is 0 Å². The van der Waals surface area contributed by atoms with Crippen LogP contribution < -0.4 is 17.2 Å². The lowest BCUT2D eigenvalue weighted by molar-refractivity contribution is -0.0398. The smallest absolute Gasteiger partial charge is 0.353 e. The molecule has 2 aromatic carbocycles. The highest BCUT2D eigenvalue weighted by Crippen LogP contribution is 2.41. The fourth-order valence-corrected chi connectivity index (χ4v) is 7.48. The number of aliphatic hydroxyl groups is 1. The molecule has 2 aliphatic heterocycles. The van der Waals surface area contributed by atoms with Crippen LogP contribution in [-0.4, -0.2) is 62.5 Å². The van der Waals surface area contributed by atoms with Crippen LogP contribution in [0.2, 0.25) is 0 Å². The molecule has 16 nitrogen and oxygen atoms in total. The molecule has 3 aliphatic rings. The Kier molecular flexibility index (Phi) is 7.81. The third-order valence-electron chi connectivity index (χ3n) is 9.03. The molecule has 0 amide bonds. The number of amidine groups is 1. The Labute approximate surface area is 311 Å². The van der Waals surface area contributed by atoms with Gasteiger partial charge in [0.2, 0.25) is 18.3 Å². The fraction of sp³-hybridized carbons (Fsp3) is 0.206. The van der Waals surface area contributed by atoms with Gasteiger partial charge in [0, 0.05) is 29.5 Å². The van der Waals surface area contributed by atoms with Crippen LogP contribution in [0.3, 0.4) is 0 Å². The predicted octanol–water partition coefficient (Wildman–Crippen LogP) is 4.19. The fourth-order valence-electron chi connectivity index (χ4n) is 6.32. The van der Waals surface area contributed by atoms with Crippen LogP contribution in [0.15, 0.2) is 99.8 Å². The SMILES string of the molecule is NC1=NC(c2ccccc2)=C(Br)C2=NN(Cc3cc(Cc4ccc(-c5nc(N)n6c(=O)n(Cc7ncoc7C7CC7)nc6c5Br)cc4)on3)C(O)N12. The minimum absolute atomic E-state index is 0.0181. The number of guanidine groups is 1. The molecule has 18 heteroatoms. The zero-order valence-electron chi connectivity index (χ0n) is 27.1. The van der Waals surface area contributed by atoms with E-state index in [-0.39, 0.29) is 25.0 Å². The number of anilines is 1. The number of nitrogen functional groups attached to an aromatic ring is 1. The van der Waals surface area contributed by atoms with E-state index >= 15 is 0 Å². The standard InChI is InChI=1S/C34H28Br2N12O4/c35-24-26(18-4-2-1-3-5-18)40-31(37)47-29(24)42-45(33(47)49)14-21-13-22(52-44-21)12-17-6-8-19(9-7-17)27-25(36)30-43-46(34(50)48(30)32(38)41-27)15-23-28(20-10-11-20)51-16-39-23/h1-9,13,16,20,33,49H,10-12,14-15H2,(H2,37,40)(H2,38,41). The summed E-state index contributed by atoms with van der Waals surface area (Å²) in [7, 11) is 0. The topological polar surface area (TPSA) is 208 Å². The predicted molar refractivity (Wildman–Crippen MR) is 196 cm³/mol. The van der Waals surface area contributed by atoms with Crippen molar-refractivity contribution in [2.75, 3.05) is 5.73 Å². The molecule has 0 bridgehead atoms. The monoisotopic (exact) mass is 826 g/mol. The zero-order chi connectivity index (χ0) is 35.7. The van der Waals surface area contributed by atoms with E-state index < -0.39 is 12.0 Å². The number of hydrazone groups is 1. The third-order valence-corrected chi connectivity index (χ3v) is 10.5. The molecule has 4 aromatic heterocycles. The first kappa shape index (κ1) is 32.3. The maximum atomic E-state index is 13.3. The number of benzene rings is 2. The molecule has 1 fully saturated rings. The summed E-state index contributed by atoms with van der Waals surface area (Å²) < 4.78 is 15.0. The number of hydrogen-bond acceptors (Lipinski definition) is 14. The molecular formula is C34H28Br2N12O4. The van der Waals surface area contributed by atoms with Gasteiger partial charge in [-0.1, -0.05) is 59.8 Å². The molecule has 1 unspecified atom stereocenters. The number of hydrogen-bond donors (Lipinski definition) is 3. The first-order chi connectivity index (χ1) is 25.2. The first-order valence-electron chi connectivity index (χ1n) is 16.3. The zero-order valence-corrected chi connectivity index (χ0v) is 30.3. The van der Waals surface area contributed by atoms with Crippen molar-refractivity contribution < 1.29 is 14.0 Å². The van der Waals surface area contributed by atoms with Gasteiger partial charge in [-0.15, -0.1) is 5.10 Å². The number of aliphatic imine (C=N–C) groups is 1. The molecule has 9 rings (SSSR count). The largest absolute Gasteiger partial charge is 0.448 e. The first-order valence-corrected chi connectivity index (χ1v) is 17.8. The van der Waals surface area contributed by atoms with Gasteiger partial charge in [-0.05, 0) is 50.3 Å². The summed E-state index contributed by atoms with van der Waals surface area (Å²) in [5, 5.41) is 25.9.